The molecular formula is C26H25F3N2O6S. The van der Waals surface area contributed by atoms with Gasteiger partial charge in [0, 0.05) is 13.0 Å². The highest BCUT2D eigenvalue weighted by Gasteiger charge is 2.30. The molecule has 8 nitrogen and oxygen atoms in total. The normalized spacial score (nSPS) is 12.3. The van der Waals surface area contributed by atoms with E-state index in [9.17, 15) is 31.2 Å². The van der Waals surface area contributed by atoms with Crippen LogP contribution in [0.5, 0.6) is 5.75 Å². The lowest BCUT2D eigenvalue weighted by Gasteiger charge is -2.21. The summed E-state index contributed by atoms with van der Waals surface area (Å²) in [5.41, 5.74) is 0.687. The lowest BCUT2D eigenvalue weighted by Crippen LogP contribution is -2.40. The summed E-state index contributed by atoms with van der Waals surface area (Å²) in [6.45, 7) is 1.72. The van der Waals surface area contributed by atoms with E-state index in [1.165, 1.54) is 55.6 Å². The van der Waals surface area contributed by atoms with Crippen LogP contribution in [0.4, 0.5) is 18.0 Å². The second-order valence-corrected chi connectivity index (χ2v) is 9.89. The van der Waals surface area contributed by atoms with Gasteiger partial charge in [0.05, 0.1) is 23.1 Å². The van der Waals surface area contributed by atoms with E-state index in [0.29, 0.717) is 11.3 Å². The topological polar surface area (TPSA) is 111 Å². The van der Waals surface area contributed by atoms with Crippen molar-refractivity contribution >= 4 is 22.0 Å². The molecule has 0 aliphatic carbocycles. The minimum Gasteiger partial charge on any atom is -0.486 e. The van der Waals surface area contributed by atoms with Gasteiger partial charge in [0.25, 0.3) is 10.0 Å². The number of urea groups is 1. The number of esters is 1. The SMILES string of the molecule is COC(=O)c1ccc(OC(CCNC(=O)NS(=O)(=O)c2ccc(C)cc2)c2ccc(C(F)(F)F)cc2)cc1. The van der Waals surface area contributed by atoms with Crippen LogP contribution in [-0.4, -0.2) is 34.1 Å². The monoisotopic (exact) mass is 550 g/mol. The molecule has 0 aliphatic rings. The third kappa shape index (κ3) is 7.72. The number of hydrogen-bond donors (Lipinski definition) is 2. The van der Waals surface area contributed by atoms with Gasteiger partial charge in [-0.2, -0.15) is 13.2 Å². The van der Waals surface area contributed by atoms with Gasteiger partial charge in [-0.05, 0) is 61.0 Å². The van der Waals surface area contributed by atoms with Crippen LogP contribution in [0, 0.1) is 6.92 Å². The van der Waals surface area contributed by atoms with E-state index in [-0.39, 0.29) is 23.4 Å². The molecule has 0 radical (unpaired) electrons. The summed E-state index contributed by atoms with van der Waals surface area (Å²) in [5.74, 6) is -0.236. The zero-order valence-electron chi connectivity index (χ0n) is 20.4. The first-order valence-electron chi connectivity index (χ1n) is 11.3. The van der Waals surface area contributed by atoms with E-state index in [4.69, 9.17) is 4.74 Å². The summed E-state index contributed by atoms with van der Waals surface area (Å²) in [7, 11) is -2.86. The van der Waals surface area contributed by atoms with Crippen LogP contribution in [0.3, 0.4) is 0 Å². The number of sulfonamides is 1. The number of aryl methyl sites for hydroxylation is 1. The molecule has 12 heteroatoms. The second kappa shape index (κ2) is 12.0. The first-order valence-corrected chi connectivity index (χ1v) is 12.8. The Morgan fingerprint density at radius 3 is 2.08 bits per heavy atom. The molecule has 1 unspecified atom stereocenters. The van der Waals surface area contributed by atoms with Gasteiger partial charge in [-0.15, -0.1) is 0 Å². The quantitative estimate of drug-likeness (QED) is 0.363. The number of halogens is 3. The Morgan fingerprint density at radius 1 is 0.921 bits per heavy atom. The summed E-state index contributed by atoms with van der Waals surface area (Å²) in [6.07, 6.45) is -5.24. The molecule has 0 bridgehead atoms. The largest absolute Gasteiger partial charge is 0.486 e. The molecule has 202 valence electrons. The van der Waals surface area contributed by atoms with Gasteiger partial charge in [0.15, 0.2) is 0 Å². The Balaban J connectivity index is 1.70. The number of methoxy groups -OCH3 is 1. The number of carbonyl (C=O) groups excluding carboxylic acids is 2. The van der Waals surface area contributed by atoms with Gasteiger partial charge < -0.3 is 14.8 Å². The van der Waals surface area contributed by atoms with E-state index in [1.807, 2.05) is 4.72 Å². The maximum absolute atomic E-state index is 13.0. The summed E-state index contributed by atoms with van der Waals surface area (Å²) < 4.78 is 76.3. The standard InChI is InChI=1S/C26H25F3N2O6S/c1-17-3-13-22(14-4-17)38(34,35)31-25(33)30-16-15-23(18-5-9-20(10-6-18)26(27,28)29)37-21-11-7-19(8-12-21)24(32)36-2/h3-14,23H,15-16H2,1-2H3,(H2,30,31,33). The molecule has 3 aromatic rings. The van der Waals surface area contributed by atoms with Crippen molar-refractivity contribution in [2.75, 3.05) is 13.7 Å². The minimum absolute atomic E-state index is 0.0683. The Labute approximate surface area is 217 Å². The summed E-state index contributed by atoms with van der Waals surface area (Å²) >= 11 is 0. The molecule has 38 heavy (non-hydrogen) atoms. The molecule has 0 fully saturated rings. The van der Waals surface area contributed by atoms with Crippen LogP contribution in [0.15, 0.2) is 77.7 Å². The zero-order chi connectivity index (χ0) is 27.9. The van der Waals surface area contributed by atoms with Crippen molar-refractivity contribution < 1.29 is 40.7 Å². The molecule has 0 aliphatic heterocycles. The summed E-state index contributed by atoms with van der Waals surface area (Å²) in [6, 6.07) is 15.2. The third-order valence-electron chi connectivity index (χ3n) is 5.41. The molecule has 0 saturated carbocycles. The van der Waals surface area contributed by atoms with Crippen molar-refractivity contribution in [3.63, 3.8) is 0 Å². The predicted octanol–water partition coefficient (Wildman–Crippen LogP) is 5.00. The van der Waals surface area contributed by atoms with Crippen molar-refractivity contribution in [2.24, 2.45) is 0 Å². The van der Waals surface area contributed by atoms with Crippen molar-refractivity contribution in [1.29, 1.82) is 0 Å². The molecule has 0 aromatic heterocycles. The Morgan fingerprint density at radius 2 is 1.53 bits per heavy atom. The fourth-order valence-electron chi connectivity index (χ4n) is 3.38. The number of carbonyl (C=O) groups is 2. The Kier molecular flexibility index (Phi) is 9.00. The predicted molar refractivity (Wildman–Crippen MR) is 132 cm³/mol. The van der Waals surface area contributed by atoms with Crippen molar-refractivity contribution in [3.05, 3.63) is 95.1 Å². The summed E-state index contributed by atoms with van der Waals surface area (Å²) in [4.78, 5) is 23.8. The lowest BCUT2D eigenvalue weighted by molar-refractivity contribution is -0.137. The first-order chi connectivity index (χ1) is 17.9. The fraction of sp³-hybridized carbons (Fsp3) is 0.231. The number of amides is 2. The number of rotatable bonds is 9. The van der Waals surface area contributed by atoms with Crippen LogP contribution >= 0.6 is 0 Å². The Bertz CT molecular complexity index is 1360. The van der Waals surface area contributed by atoms with Gasteiger partial charge >= 0.3 is 18.2 Å². The van der Waals surface area contributed by atoms with Crippen molar-refractivity contribution in [1.82, 2.24) is 10.0 Å². The molecule has 0 heterocycles. The van der Waals surface area contributed by atoms with Crippen molar-refractivity contribution in [2.45, 2.75) is 30.5 Å². The highest BCUT2D eigenvalue weighted by Crippen LogP contribution is 2.31. The molecule has 3 rings (SSSR count). The molecular weight excluding hydrogens is 525 g/mol. The first kappa shape index (κ1) is 28.5. The third-order valence-corrected chi connectivity index (χ3v) is 6.76. The van der Waals surface area contributed by atoms with Crippen LogP contribution in [0.1, 0.15) is 39.6 Å². The van der Waals surface area contributed by atoms with Gasteiger partial charge in [-0.3, -0.25) is 0 Å². The molecule has 0 saturated heterocycles. The number of alkyl halides is 3. The zero-order valence-corrected chi connectivity index (χ0v) is 21.2. The highest BCUT2D eigenvalue weighted by molar-refractivity contribution is 7.90. The number of nitrogens with one attached hydrogen (secondary N) is 2. The highest BCUT2D eigenvalue weighted by atomic mass is 32.2. The molecule has 0 spiro atoms. The second-order valence-electron chi connectivity index (χ2n) is 8.21. The van der Waals surface area contributed by atoms with Crippen LogP contribution in [0.25, 0.3) is 0 Å². The van der Waals surface area contributed by atoms with Gasteiger partial charge in [0.2, 0.25) is 0 Å². The Hall–Kier alpha value is -4.06. The van der Waals surface area contributed by atoms with Crippen LogP contribution in [0.2, 0.25) is 0 Å². The van der Waals surface area contributed by atoms with Crippen LogP contribution in [-0.2, 0) is 20.9 Å². The van der Waals surface area contributed by atoms with Crippen LogP contribution < -0.4 is 14.8 Å². The molecule has 3 aromatic carbocycles. The van der Waals surface area contributed by atoms with E-state index in [1.54, 1.807) is 19.1 Å². The number of hydrogen-bond acceptors (Lipinski definition) is 6. The number of ether oxygens (including phenoxy) is 2. The van der Waals surface area contributed by atoms with Crippen molar-refractivity contribution in [3.8, 4) is 5.75 Å². The van der Waals surface area contributed by atoms with Gasteiger partial charge in [-0.25, -0.2) is 22.7 Å². The average molecular weight is 551 g/mol. The maximum atomic E-state index is 13.0. The van der Waals surface area contributed by atoms with Gasteiger partial charge in [-0.1, -0.05) is 29.8 Å². The lowest BCUT2D eigenvalue weighted by atomic mass is 10.0. The fourth-order valence-corrected chi connectivity index (χ4v) is 4.31. The number of benzene rings is 3. The maximum Gasteiger partial charge on any atom is 0.416 e. The molecule has 2 N–H and O–H groups in total. The molecule has 2 amide bonds. The average Bonchev–Trinajstić information content (AvgIpc) is 2.87. The summed E-state index contributed by atoms with van der Waals surface area (Å²) in [5, 5.41) is 2.42. The van der Waals surface area contributed by atoms with Gasteiger partial charge in [0.1, 0.15) is 11.9 Å². The smallest absolute Gasteiger partial charge is 0.416 e. The van der Waals surface area contributed by atoms with E-state index in [2.05, 4.69) is 10.1 Å². The minimum atomic E-state index is -4.51. The van der Waals surface area contributed by atoms with E-state index >= 15 is 0 Å². The molecule has 1 atom stereocenters. The van der Waals surface area contributed by atoms with E-state index in [0.717, 1.165) is 17.7 Å². The van der Waals surface area contributed by atoms with E-state index < -0.39 is 39.9 Å².